The first-order valence-electron chi connectivity index (χ1n) is 5.77. The molecule has 0 fully saturated rings. The molecular weight excluding hydrogens is 248 g/mol. The van der Waals surface area contributed by atoms with Crippen molar-refractivity contribution < 1.29 is 9.59 Å². The Morgan fingerprint density at radius 1 is 1.33 bits per heavy atom. The molecule has 0 aromatic heterocycles. The van der Waals surface area contributed by atoms with E-state index in [9.17, 15) is 9.59 Å². The van der Waals surface area contributed by atoms with E-state index in [4.69, 9.17) is 5.73 Å². The van der Waals surface area contributed by atoms with E-state index in [1.165, 1.54) is 4.90 Å². The number of amides is 2. The third-order valence-electron chi connectivity index (χ3n) is 2.35. The molecular formula is C13H18N2O2S. The fourth-order valence-corrected chi connectivity index (χ4v) is 1.93. The average molecular weight is 266 g/mol. The number of benzene rings is 1. The van der Waals surface area contributed by atoms with Crippen LogP contribution in [0.1, 0.15) is 24.2 Å². The molecule has 1 rings (SSSR count). The predicted molar refractivity (Wildman–Crippen MR) is 73.6 cm³/mol. The smallest absolute Gasteiger partial charge is 0.255 e. The van der Waals surface area contributed by atoms with Gasteiger partial charge in [0, 0.05) is 11.4 Å². The minimum atomic E-state index is -0.513. The molecule has 0 saturated heterocycles. The monoisotopic (exact) mass is 266 g/mol. The molecule has 1 aromatic carbocycles. The Kier molecular flexibility index (Phi) is 5.22. The standard InChI is InChI=1S/C13H18N2O2S/c1-9(2)7-15(8-12(14)16)13(17)10-5-3-4-6-11(10)18/h3-6,9,18H,7-8H2,1-2H3,(H2,14,16). The van der Waals surface area contributed by atoms with Crippen molar-refractivity contribution in [2.75, 3.05) is 13.1 Å². The molecule has 0 aliphatic heterocycles. The highest BCUT2D eigenvalue weighted by Gasteiger charge is 2.20. The Balaban J connectivity index is 2.95. The van der Waals surface area contributed by atoms with Crippen LogP contribution >= 0.6 is 12.6 Å². The predicted octanol–water partition coefficient (Wildman–Crippen LogP) is 1.56. The van der Waals surface area contributed by atoms with Gasteiger partial charge in [-0.1, -0.05) is 26.0 Å². The number of nitrogens with two attached hydrogens (primary N) is 1. The molecule has 0 radical (unpaired) electrons. The highest BCUT2D eigenvalue weighted by atomic mass is 32.1. The lowest BCUT2D eigenvalue weighted by molar-refractivity contribution is -0.118. The second-order valence-corrected chi connectivity index (χ2v) is 5.04. The van der Waals surface area contributed by atoms with Crippen molar-refractivity contribution in [3.05, 3.63) is 29.8 Å². The minimum Gasteiger partial charge on any atom is -0.368 e. The Labute approximate surface area is 113 Å². The maximum Gasteiger partial charge on any atom is 0.255 e. The number of rotatable bonds is 5. The van der Waals surface area contributed by atoms with Crippen LogP contribution in [0.5, 0.6) is 0 Å². The van der Waals surface area contributed by atoms with Crippen LogP contribution in [-0.2, 0) is 4.79 Å². The van der Waals surface area contributed by atoms with Gasteiger partial charge in [-0.15, -0.1) is 12.6 Å². The zero-order valence-corrected chi connectivity index (χ0v) is 11.5. The Bertz CT molecular complexity index is 446. The van der Waals surface area contributed by atoms with Gasteiger partial charge in [-0.25, -0.2) is 0 Å². The van der Waals surface area contributed by atoms with Gasteiger partial charge in [0.15, 0.2) is 0 Å². The van der Waals surface area contributed by atoms with Gasteiger partial charge in [0.25, 0.3) is 5.91 Å². The van der Waals surface area contributed by atoms with Crippen LogP contribution in [0.15, 0.2) is 29.2 Å². The van der Waals surface area contributed by atoms with E-state index in [0.717, 1.165) is 0 Å². The van der Waals surface area contributed by atoms with E-state index in [1.54, 1.807) is 24.3 Å². The van der Waals surface area contributed by atoms with Crippen molar-refractivity contribution in [1.82, 2.24) is 4.90 Å². The number of carbonyl (C=O) groups is 2. The van der Waals surface area contributed by atoms with E-state index < -0.39 is 5.91 Å². The summed E-state index contributed by atoms with van der Waals surface area (Å²) in [6.45, 7) is 4.38. The van der Waals surface area contributed by atoms with E-state index in [2.05, 4.69) is 12.6 Å². The van der Waals surface area contributed by atoms with Gasteiger partial charge in [-0.2, -0.15) is 0 Å². The fourth-order valence-electron chi connectivity index (χ4n) is 1.67. The average Bonchev–Trinajstić information content (AvgIpc) is 2.26. The van der Waals surface area contributed by atoms with Crippen LogP contribution in [0.3, 0.4) is 0 Å². The minimum absolute atomic E-state index is 0.0703. The van der Waals surface area contributed by atoms with Gasteiger partial charge in [0.1, 0.15) is 0 Å². The van der Waals surface area contributed by atoms with E-state index >= 15 is 0 Å². The number of primary amides is 1. The van der Waals surface area contributed by atoms with Crippen molar-refractivity contribution in [3.8, 4) is 0 Å². The number of thiol groups is 1. The molecule has 0 aliphatic rings. The van der Waals surface area contributed by atoms with Crippen LogP contribution in [0.2, 0.25) is 0 Å². The van der Waals surface area contributed by atoms with E-state index in [0.29, 0.717) is 17.0 Å². The van der Waals surface area contributed by atoms with E-state index in [-0.39, 0.29) is 18.4 Å². The van der Waals surface area contributed by atoms with Crippen molar-refractivity contribution in [1.29, 1.82) is 0 Å². The third-order valence-corrected chi connectivity index (χ3v) is 2.74. The second kappa shape index (κ2) is 6.44. The summed E-state index contributed by atoms with van der Waals surface area (Å²) in [6.07, 6.45) is 0. The lowest BCUT2D eigenvalue weighted by Crippen LogP contribution is -2.40. The Morgan fingerprint density at radius 3 is 2.44 bits per heavy atom. The van der Waals surface area contributed by atoms with Gasteiger partial charge >= 0.3 is 0 Å². The van der Waals surface area contributed by atoms with Gasteiger partial charge in [0.05, 0.1) is 12.1 Å². The molecule has 5 heteroatoms. The number of nitrogens with zero attached hydrogens (tertiary/aromatic N) is 1. The molecule has 2 N–H and O–H groups in total. The van der Waals surface area contributed by atoms with Crippen molar-refractivity contribution in [2.24, 2.45) is 11.7 Å². The molecule has 0 unspecified atom stereocenters. The molecule has 0 bridgehead atoms. The summed E-state index contributed by atoms with van der Waals surface area (Å²) in [5.74, 6) is -0.464. The quantitative estimate of drug-likeness (QED) is 0.794. The SMILES string of the molecule is CC(C)CN(CC(N)=O)C(=O)c1ccccc1S. The highest BCUT2D eigenvalue weighted by Crippen LogP contribution is 2.16. The van der Waals surface area contributed by atoms with Gasteiger partial charge in [-0.3, -0.25) is 9.59 Å². The van der Waals surface area contributed by atoms with Crippen LogP contribution in [0.25, 0.3) is 0 Å². The fraction of sp³-hybridized carbons (Fsp3) is 0.385. The van der Waals surface area contributed by atoms with Crippen LogP contribution in [-0.4, -0.2) is 29.8 Å². The molecule has 0 atom stereocenters. The number of hydrogen-bond acceptors (Lipinski definition) is 3. The Hall–Kier alpha value is -1.49. The van der Waals surface area contributed by atoms with Crippen LogP contribution < -0.4 is 5.73 Å². The van der Waals surface area contributed by atoms with E-state index in [1.807, 2.05) is 13.8 Å². The van der Waals surface area contributed by atoms with Gasteiger partial charge in [0.2, 0.25) is 5.91 Å². The second-order valence-electron chi connectivity index (χ2n) is 4.56. The molecule has 0 saturated carbocycles. The van der Waals surface area contributed by atoms with Crippen molar-refractivity contribution >= 4 is 24.4 Å². The summed E-state index contributed by atoms with van der Waals surface area (Å²) in [5.41, 5.74) is 5.66. The molecule has 4 nitrogen and oxygen atoms in total. The lowest BCUT2D eigenvalue weighted by Gasteiger charge is -2.23. The van der Waals surface area contributed by atoms with Crippen LogP contribution in [0.4, 0.5) is 0 Å². The molecule has 1 aromatic rings. The number of hydrogen-bond donors (Lipinski definition) is 2. The van der Waals surface area contributed by atoms with Gasteiger partial charge < -0.3 is 10.6 Å². The zero-order chi connectivity index (χ0) is 13.7. The Morgan fingerprint density at radius 2 is 1.94 bits per heavy atom. The summed E-state index contributed by atoms with van der Waals surface area (Å²) in [4.78, 5) is 25.4. The summed E-state index contributed by atoms with van der Waals surface area (Å²) >= 11 is 4.25. The summed E-state index contributed by atoms with van der Waals surface area (Å²) in [5, 5.41) is 0. The first kappa shape index (κ1) is 14.6. The molecule has 18 heavy (non-hydrogen) atoms. The van der Waals surface area contributed by atoms with Gasteiger partial charge in [-0.05, 0) is 18.1 Å². The molecule has 98 valence electrons. The lowest BCUT2D eigenvalue weighted by atomic mass is 10.1. The molecule has 0 heterocycles. The maximum absolute atomic E-state index is 12.3. The third kappa shape index (κ3) is 4.07. The van der Waals surface area contributed by atoms with Crippen LogP contribution in [0, 0.1) is 5.92 Å². The maximum atomic E-state index is 12.3. The summed E-state index contributed by atoms with van der Waals surface area (Å²) < 4.78 is 0. The molecule has 0 spiro atoms. The molecule has 0 aliphatic carbocycles. The summed E-state index contributed by atoms with van der Waals surface area (Å²) in [7, 11) is 0. The normalized spacial score (nSPS) is 10.4. The first-order chi connectivity index (χ1) is 8.41. The zero-order valence-electron chi connectivity index (χ0n) is 10.6. The van der Waals surface area contributed by atoms with Crippen molar-refractivity contribution in [3.63, 3.8) is 0 Å². The number of carbonyl (C=O) groups excluding carboxylic acids is 2. The first-order valence-corrected chi connectivity index (χ1v) is 6.22. The topological polar surface area (TPSA) is 63.4 Å². The molecule has 2 amide bonds. The summed E-state index contributed by atoms with van der Waals surface area (Å²) in [6, 6.07) is 7.01. The highest BCUT2D eigenvalue weighted by molar-refractivity contribution is 7.80. The van der Waals surface area contributed by atoms with Crippen molar-refractivity contribution in [2.45, 2.75) is 18.7 Å². The largest absolute Gasteiger partial charge is 0.368 e.